The smallest absolute Gasteiger partial charge is 0.271 e. The molecule has 1 N–H and O–H groups in total. The maximum Gasteiger partial charge on any atom is 0.271 e. The molecule has 0 aliphatic heterocycles. The molecule has 0 radical (unpaired) electrons. The molecule has 0 saturated heterocycles. The molecule has 3 aromatic rings. The zero-order chi connectivity index (χ0) is 21.0. The largest absolute Gasteiger partial charge is 0.495 e. The molecule has 150 valence electrons. The Morgan fingerprint density at radius 1 is 0.966 bits per heavy atom. The van der Waals surface area contributed by atoms with Gasteiger partial charge in [-0.05, 0) is 42.8 Å². The third-order valence-corrected chi connectivity index (χ3v) is 5.38. The summed E-state index contributed by atoms with van der Waals surface area (Å²) in [6.07, 6.45) is 0. The third-order valence-electron chi connectivity index (χ3n) is 4.00. The number of benzene rings is 3. The van der Waals surface area contributed by atoms with Gasteiger partial charge in [-0.1, -0.05) is 24.3 Å². The number of para-hydroxylation sites is 2. The molecule has 0 spiro atoms. The van der Waals surface area contributed by atoms with Gasteiger partial charge in [0.2, 0.25) is 0 Å². The van der Waals surface area contributed by atoms with E-state index in [0.29, 0.717) is 5.75 Å². The molecule has 3 aromatic carbocycles. The van der Waals surface area contributed by atoms with Crippen molar-refractivity contribution in [2.24, 2.45) is 0 Å². The highest BCUT2D eigenvalue weighted by atomic mass is 32.2. The van der Waals surface area contributed by atoms with E-state index in [1.54, 1.807) is 24.3 Å². The van der Waals surface area contributed by atoms with E-state index in [-0.39, 0.29) is 27.8 Å². The third kappa shape index (κ3) is 4.64. The summed E-state index contributed by atoms with van der Waals surface area (Å²) in [7, 11) is -2.91. The maximum atomic E-state index is 12.9. The summed E-state index contributed by atoms with van der Waals surface area (Å²) in [5.41, 5.74) is 0.805. The number of methoxy groups -OCH3 is 1. The molecule has 0 aromatic heterocycles. The van der Waals surface area contributed by atoms with Crippen LogP contribution in [0.25, 0.3) is 0 Å². The zero-order valence-corrected chi connectivity index (χ0v) is 16.5. The first-order valence-electron chi connectivity index (χ1n) is 8.49. The Bertz CT molecular complexity index is 1160. The fraction of sp³-hybridized carbons (Fsp3) is 0.100. The number of aryl methyl sites for hydroxylation is 1. The van der Waals surface area contributed by atoms with Crippen molar-refractivity contribution in [3.8, 4) is 17.2 Å². The van der Waals surface area contributed by atoms with Crippen molar-refractivity contribution >= 4 is 21.4 Å². The summed E-state index contributed by atoms with van der Waals surface area (Å²) in [6, 6.07) is 17.2. The summed E-state index contributed by atoms with van der Waals surface area (Å²) < 4.78 is 39.2. The molecule has 0 fully saturated rings. The van der Waals surface area contributed by atoms with Crippen LogP contribution >= 0.6 is 0 Å². The average molecular weight is 414 g/mol. The SMILES string of the molecule is COc1ccc([N+](=O)[O-])cc1S(=O)(=O)Nc1ccccc1Oc1cccc(C)c1. The van der Waals surface area contributed by atoms with Crippen LogP contribution in [0.3, 0.4) is 0 Å². The van der Waals surface area contributed by atoms with Crippen molar-refractivity contribution in [2.45, 2.75) is 11.8 Å². The van der Waals surface area contributed by atoms with E-state index >= 15 is 0 Å². The number of rotatable bonds is 7. The number of nitro groups is 1. The number of ether oxygens (including phenoxy) is 2. The van der Waals surface area contributed by atoms with E-state index in [4.69, 9.17) is 9.47 Å². The van der Waals surface area contributed by atoms with E-state index in [1.807, 2.05) is 25.1 Å². The van der Waals surface area contributed by atoms with Crippen LogP contribution in [0.2, 0.25) is 0 Å². The van der Waals surface area contributed by atoms with Crippen LogP contribution in [0.15, 0.2) is 71.6 Å². The number of sulfonamides is 1. The molecule has 0 saturated carbocycles. The highest BCUT2D eigenvalue weighted by Gasteiger charge is 2.24. The Morgan fingerprint density at radius 3 is 2.41 bits per heavy atom. The van der Waals surface area contributed by atoms with Crippen LogP contribution in [-0.4, -0.2) is 20.5 Å². The van der Waals surface area contributed by atoms with Crippen LogP contribution in [0.5, 0.6) is 17.2 Å². The zero-order valence-electron chi connectivity index (χ0n) is 15.7. The molecule has 0 amide bonds. The van der Waals surface area contributed by atoms with Crippen molar-refractivity contribution in [3.63, 3.8) is 0 Å². The maximum absolute atomic E-state index is 12.9. The van der Waals surface area contributed by atoms with Gasteiger partial charge in [0.1, 0.15) is 16.4 Å². The van der Waals surface area contributed by atoms with Crippen molar-refractivity contribution in [2.75, 3.05) is 11.8 Å². The van der Waals surface area contributed by atoms with Crippen LogP contribution in [-0.2, 0) is 10.0 Å². The molecule has 0 aliphatic carbocycles. The Labute approximate surface area is 167 Å². The van der Waals surface area contributed by atoms with Crippen LogP contribution in [0, 0.1) is 17.0 Å². The highest BCUT2D eigenvalue weighted by Crippen LogP contribution is 2.34. The monoisotopic (exact) mass is 414 g/mol. The number of anilines is 1. The van der Waals surface area contributed by atoms with Gasteiger partial charge < -0.3 is 9.47 Å². The second kappa shape index (κ2) is 8.19. The van der Waals surface area contributed by atoms with Gasteiger partial charge in [-0.15, -0.1) is 0 Å². The van der Waals surface area contributed by atoms with Gasteiger partial charge in [0, 0.05) is 12.1 Å². The molecule has 0 atom stereocenters. The number of nitrogens with zero attached hydrogens (tertiary/aromatic N) is 1. The Morgan fingerprint density at radius 2 is 1.72 bits per heavy atom. The predicted molar refractivity (Wildman–Crippen MR) is 108 cm³/mol. The number of non-ortho nitro benzene ring substituents is 1. The number of hydrogen-bond donors (Lipinski definition) is 1. The Hall–Kier alpha value is -3.59. The van der Waals surface area contributed by atoms with E-state index in [0.717, 1.165) is 11.6 Å². The highest BCUT2D eigenvalue weighted by molar-refractivity contribution is 7.92. The van der Waals surface area contributed by atoms with Crippen LogP contribution < -0.4 is 14.2 Å². The molecular weight excluding hydrogens is 396 g/mol. The van der Waals surface area contributed by atoms with Crippen molar-refractivity contribution in [1.29, 1.82) is 0 Å². The minimum absolute atomic E-state index is 0.0137. The van der Waals surface area contributed by atoms with E-state index in [2.05, 4.69) is 4.72 Å². The molecule has 0 bridgehead atoms. The van der Waals surface area contributed by atoms with Gasteiger partial charge in [-0.3, -0.25) is 14.8 Å². The van der Waals surface area contributed by atoms with Crippen molar-refractivity contribution in [3.05, 3.63) is 82.4 Å². The van der Waals surface area contributed by atoms with Gasteiger partial charge in [-0.2, -0.15) is 0 Å². The normalized spacial score (nSPS) is 11.0. The fourth-order valence-corrected chi connectivity index (χ4v) is 3.89. The van der Waals surface area contributed by atoms with Gasteiger partial charge in [0.15, 0.2) is 5.75 Å². The van der Waals surface area contributed by atoms with Gasteiger partial charge in [0.25, 0.3) is 15.7 Å². The lowest BCUT2D eigenvalue weighted by atomic mass is 10.2. The van der Waals surface area contributed by atoms with Gasteiger partial charge >= 0.3 is 0 Å². The lowest BCUT2D eigenvalue weighted by molar-refractivity contribution is -0.385. The molecule has 0 heterocycles. The molecule has 29 heavy (non-hydrogen) atoms. The van der Waals surface area contributed by atoms with Crippen molar-refractivity contribution < 1.29 is 22.8 Å². The summed E-state index contributed by atoms with van der Waals surface area (Å²) in [4.78, 5) is 10.0. The van der Waals surface area contributed by atoms with Crippen molar-refractivity contribution in [1.82, 2.24) is 0 Å². The molecule has 0 unspecified atom stereocenters. The first kappa shape index (κ1) is 20.2. The Balaban J connectivity index is 1.98. The topological polar surface area (TPSA) is 108 Å². The molecule has 0 aliphatic rings. The lowest BCUT2D eigenvalue weighted by Crippen LogP contribution is -2.15. The lowest BCUT2D eigenvalue weighted by Gasteiger charge is -2.15. The second-order valence-corrected chi connectivity index (χ2v) is 7.76. The molecular formula is C20H18N2O6S. The molecule has 9 heteroatoms. The number of nitrogens with one attached hydrogen (secondary N) is 1. The summed E-state index contributed by atoms with van der Waals surface area (Å²) in [6.45, 7) is 1.91. The summed E-state index contributed by atoms with van der Waals surface area (Å²) >= 11 is 0. The summed E-state index contributed by atoms with van der Waals surface area (Å²) in [5.74, 6) is 0.816. The minimum Gasteiger partial charge on any atom is -0.495 e. The average Bonchev–Trinajstić information content (AvgIpc) is 2.69. The van der Waals surface area contributed by atoms with Gasteiger partial charge in [-0.25, -0.2) is 8.42 Å². The Kier molecular flexibility index (Phi) is 5.69. The van der Waals surface area contributed by atoms with E-state index < -0.39 is 14.9 Å². The summed E-state index contributed by atoms with van der Waals surface area (Å²) in [5, 5.41) is 11.1. The van der Waals surface area contributed by atoms with E-state index in [1.165, 1.54) is 25.3 Å². The molecule has 3 rings (SSSR count). The quantitative estimate of drug-likeness (QED) is 0.450. The van der Waals surface area contributed by atoms with Crippen LogP contribution in [0.1, 0.15) is 5.56 Å². The molecule has 8 nitrogen and oxygen atoms in total. The number of hydrogen-bond acceptors (Lipinski definition) is 6. The number of nitro benzene ring substituents is 1. The fourth-order valence-electron chi connectivity index (χ4n) is 2.63. The second-order valence-electron chi connectivity index (χ2n) is 6.11. The standard InChI is InChI=1S/C20H18N2O6S/c1-14-6-5-7-16(12-14)28-18-9-4-3-8-17(18)21-29(25,26)20-13-15(22(23)24)10-11-19(20)27-2/h3-13,21H,1-2H3. The first-order chi connectivity index (χ1) is 13.8. The first-order valence-corrected chi connectivity index (χ1v) is 9.97. The van der Waals surface area contributed by atoms with Gasteiger partial charge in [0.05, 0.1) is 17.7 Å². The van der Waals surface area contributed by atoms with E-state index in [9.17, 15) is 18.5 Å². The minimum atomic E-state index is -4.19. The van der Waals surface area contributed by atoms with Crippen LogP contribution in [0.4, 0.5) is 11.4 Å². The predicted octanol–water partition coefficient (Wildman–Crippen LogP) is 4.50.